The third-order valence-corrected chi connectivity index (χ3v) is 8.40. The highest BCUT2D eigenvalue weighted by atomic mass is 79.9. The lowest BCUT2D eigenvalue weighted by Gasteiger charge is -2.36. The van der Waals surface area contributed by atoms with Crippen LogP contribution in [0.15, 0.2) is 88.9 Å². The van der Waals surface area contributed by atoms with Gasteiger partial charge in [0.05, 0.1) is 22.5 Å². The minimum atomic E-state index is -0.529. The van der Waals surface area contributed by atoms with Gasteiger partial charge in [0.2, 0.25) is 0 Å². The van der Waals surface area contributed by atoms with E-state index in [-0.39, 0.29) is 17.3 Å². The topological polar surface area (TPSA) is 59.1 Å². The van der Waals surface area contributed by atoms with Gasteiger partial charge in [-0.2, -0.15) is 0 Å². The fraction of sp³-hybridized carbons (Fsp3) is 0.147. The van der Waals surface area contributed by atoms with Crippen LogP contribution >= 0.6 is 51.3 Å². The number of rotatable bonds is 8. The van der Waals surface area contributed by atoms with E-state index in [2.05, 4.69) is 15.9 Å². The Balaban J connectivity index is 1.56. The number of carbonyl (C=O) groups excluding carboxylic acids is 2. The molecule has 0 N–H and O–H groups in total. The lowest BCUT2D eigenvalue weighted by molar-refractivity contribution is -0.120. The Kier molecular flexibility index (Phi) is 9.75. The number of hydrogen-bond donors (Lipinski definition) is 0. The predicted octanol–water partition coefficient (Wildman–Crippen LogP) is 9.10. The van der Waals surface area contributed by atoms with Gasteiger partial charge in [-0.25, -0.2) is 0 Å². The Morgan fingerprint density at radius 3 is 1.91 bits per heavy atom. The van der Waals surface area contributed by atoms with Crippen molar-refractivity contribution in [1.82, 2.24) is 0 Å². The summed E-state index contributed by atoms with van der Waals surface area (Å²) in [6.45, 7) is 6.30. The highest BCUT2D eigenvalue weighted by Gasteiger charge is 2.41. The normalized spacial score (nSPS) is 13.4. The predicted molar refractivity (Wildman–Crippen MR) is 184 cm³/mol. The number of benzene rings is 4. The average Bonchev–Trinajstić information content (AvgIpc) is 2.98. The van der Waals surface area contributed by atoms with Crippen LogP contribution in [0.25, 0.3) is 6.08 Å². The molecule has 4 aromatic carbocycles. The van der Waals surface area contributed by atoms with Crippen molar-refractivity contribution in [3.8, 4) is 11.5 Å². The SMILES string of the molecule is CCOc1cc(C=C2C(=O)N(c3ccc(C)cc3)C(=S)N(c3ccc(C)cc3)C2=O)cc(Br)c1OCc1ccc(Cl)cc1Cl. The number of anilines is 2. The zero-order chi connectivity index (χ0) is 31.5. The summed E-state index contributed by atoms with van der Waals surface area (Å²) in [5.74, 6) is -0.182. The largest absolute Gasteiger partial charge is 0.490 e. The molecular formula is C34H27BrCl2N2O4S. The van der Waals surface area contributed by atoms with Crippen molar-refractivity contribution in [2.45, 2.75) is 27.4 Å². The fourth-order valence-electron chi connectivity index (χ4n) is 4.60. The third kappa shape index (κ3) is 6.69. The van der Waals surface area contributed by atoms with Crippen LogP contribution in [0.3, 0.4) is 0 Å². The highest BCUT2D eigenvalue weighted by molar-refractivity contribution is 9.10. The van der Waals surface area contributed by atoms with Crippen LogP contribution in [0.5, 0.6) is 11.5 Å². The molecule has 1 aliphatic heterocycles. The van der Waals surface area contributed by atoms with E-state index in [0.29, 0.717) is 49.6 Å². The quantitative estimate of drug-likeness (QED) is 0.104. The Morgan fingerprint density at radius 1 is 0.818 bits per heavy atom. The van der Waals surface area contributed by atoms with Gasteiger partial charge in [-0.1, -0.05) is 64.7 Å². The smallest absolute Gasteiger partial charge is 0.270 e. The Morgan fingerprint density at radius 2 is 1.39 bits per heavy atom. The van der Waals surface area contributed by atoms with Crippen LogP contribution in [-0.4, -0.2) is 23.5 Å². The molecule has 0 aromatic heterocycles. The first kappa shape index (κ1) is 31.7. The van der Waals surface area contributed by atoms with E-state index >= 15 is 0 Å². The van der Waals surface area contributed by atoms with Gasteiger partial charge in [-0.15, -0.1) is 0 Å². The van der Waals surface area contributed by atoms with Crippen molar-refractivity contribution < 1.29 is 19.1 Å². The summed E-state index contributed by atoms with van der Waals surface area (Å²) in [4.78, 5) is 30.7. The van der Waals surface area contributed by atoms with Gasteiger partial charge in [0, 0.05) is 15.6 Å². The maximum absolute atomic E-state index is 14.0. The second-order valence-electron chi connectivity index (χ2n) is 10.1. The van der Waals surface area contributed by atoms with Crippen molar-refractivity contribution >= 4 is 85.7 Å². The van der Waals surface area contributed by atoms with E-state index in [0.717, 1.165) is 16.7 Å². The average molecular weight is 710 g/mol. The van der Waals surface area contributed by atoms with E-state index in [1.54, 1.807) is 36.4 Å². The number of ether oxygens (including phenoxy) is 2. The van der Waals surface area contributed by atoms with E-state index in [4.69, 9.17) is 44.9 Å². The molecule has 0 unspecified atom stereocenters. The third-order valence-electron chi connectivity index (χ3n) is 6.86. The lowest BCUT2D eigenvalue weighted by Crippen LogP contribution is -2.56. The van der Waals surface area contributed by atoms with Crippen LogP contribution in [0.2, 0.25) is 10.0 Å². The van der Waals surface area contributed by atoms with Crippen LogP contribution in [0, 0.1) is 13.8 Å². The molecular weight excluding hydrogens is 683 g/mol. The molecule has 44 heavy (non-hydrogen) atoms. The molecule has 1 aliphatic rings. The van der Waals surface area contributed by atoms with Gasteiger partial charge in [0.25, 0.3) is 11.8 Å². The summed E-state index contributed by atoms with van der Waals surface area (Å²) in [5.41, 5.74) is 4.41. The summed E-state index contributed by atoms with van der Waals surface area (Å²) in [6.07, 6.45) is 1.54. The number of aryl methyl sites for hydroxylation is 2. The number of carbonyl (C=O) groups is 2. The summed E-state index contributed by atoms with van der Waals surface area (Å²) in [6, 6.07) is 23.5. The molecule has 0 atom stereocenters. The number of hydrogen-bond acceptors (Lipinski definition) is 5. The maximum atomic E-state index is 14.0. The molecule has 0 aliphatic carbocycles. The van der Waals surface area contributed by atoms with E-state index in [1.165, 1.54) is 9.80 Å². The molecule has 224 valence electrons. The van der Waals surface area contributed by atoms with E-state index in [1.807, 2.05) is 69.3 Å². The number of nitrogens with zero attached hydrogens (tertiary/aromatic N) is 2. The zero-order valence-electron chi connectivity index (χ0n) is 24.1. The molecule has 6 nitrogen and oxygen atoms in total. The molecule has 0 saturated carbocycles. The Bertz CT molecular complexity index is 1720. The molecule has 0 spiro atoms. The highest BCUT2D eigenvalue weighted by Crippen LogP contribution is 2.39. The maximum Gasteiger partial charge on any atom is 0.270 e. The van der Waals surface area contributed by atoms with Crippen molar-refractivity contribution in [2.75, 3.05) is 16.4 Å². The number of thiocarbonyl (C=S) groups is 1. The monoisotopic (exact) mass is 708 g/mol. The van der Waals surface area contributed by atoms with Crippen LogP contribution < -0.4 is 19.3 Å². The summed E-state index contributed by atoms with van der Waals surface area (Å²) < 4.78 is 12.6. The standard InChI is InChI=1S/C34H27BrCl2N2O4S/c1-4-42-30-17-22(16-28(35)31(30)43-19-23-9-10-24(36)18-29(23)37)15-27-32(40)38(25-11-5-20(2)6-12-25)34(44)39(33(27)41)26-13-7-21(3)8-14-26/h5-18H,4,19H2,1-3H3. The molecule has 1 saturated heterocycles. The minimum absolute atomic E-state index is 0.0595. The van der Waals surface area contributed by atoms with Crippen LogP contribution in [0.1, 0.15) is 29.2 Å². The Labute approximate surface area is 279 Å². The first-order chi connectivity index (χ1) is 21.1. The second-order valence-corrected chi connectivity index (χ2v) is 12.1. The molecule has 4 aromatic rings. The second kappa shape index (κ2) is 13.5. The minimum Gasteiger partial charge on any atom is -0.490 e. The molecule has 0 radical (unpaired) electrons. The van der Waals surface area contributed by atoms with Gasteiger partial charge < -0.3 is 9.47 Å². The van der Waals surface area contributed by atoms with Crippen molar-refractivity contribution in [3.63, 3.8) is 0 Å². The van der Waals surface area contributed by atoms with E-state index < -0.39 is 11.8 Å². The van der Waals surface area contributed by atoms with Gasteiger partial charge in [-0.05, 0) is 109 Å². The number of amides is 2. The number of halogens is 3. The summed E-state index contributed by atoms with van der Waals surface area (Å²) in [5, 5.41) is 1.09. The van der Waals surface area contributed by atoms with Gasteiger partial charge in [0.15, 0.2) is 16.6 Å². The first-order valence-corrected chi connectivity index (χ1v) is 15.6. The molecule has 2 amide bonds. The van der Waals surface area contributed by atoms with E-state index in [9.17, 15) is 9.59 Å². The van der Waals surface area contributed by atoms with Crippen LogP contribution in [-0.2, 0) is 16.2 Å². The molecule has 1 heterocycles. The zero-order valence-corrected chi connectivity index (χ0v) is 28.0. The van der Waals surface area contributed by atoms with Gasteiger partial charge in [0.1, 0.15) is 12.2 Å². The lowest BCUT2D eigenvalue weighted by atomic mass is 10.0. The Hall–Kier alpha value is -3.69. The fourth-order valence-corrected chi connectivity index (χ4v) is 6.02. The first-order valence-electron chi connectivity index (χ1n) is 13.7. The van der Waals surface area contributed by atoms with Crippen LogP contribution in [0.4, 0.5) is 11.4 Å². The summed E-state index contributed by atoms with van der Waals surface area (Å²) in [7, 11) is 0. The van der Waals surface area contributed by atoms with Gasteiger partial charge in [-0.3, -0.25) is 19.4 Å². The summed E-state index contributed by atoms with van der Waals surface area (Å²) >= 11 is 21.7. The molecule has 1 fully saturated rings. The molecule has 0 bridgehead atoms. The van der Waals surface area contributed by atoms with Gasteiger partial charge >= 0.3 is 0 Å². The van der Waals surface area contributed by atoms with Crippen molar-refractivity contribution in [1.29, 1.82) is 0 Å². The van der Waals surface area contributed by atoms with Crippen molar-refractivity contribution in [3.05, 3.63) is 121 Å². The molecule has 10 heteroatoms. The molecule has 5 rings (SSSR count). The van der Waals surface area contributed by atoms with Crippen molar-refractivity contribution in [2.24, 2.45) is 0 Å².